The number of hydrogen-bond acceptors (Lipinski definition) is 2. The maximum absolute atomic E-state index is 5.49. The van der Waals surface area contributed by atoms with E-state index < -0.39 is 0 Å². The predicted molar refractivity (Wildman–Crippen MR) is 72.3 cm³/mol. The Balaban J connectivity index is 1.87. The standard InChI is InChI=1S/C15H29NO/c1-14(2,3)16-11-9-15(10-12-16)7-5-13(17-4)6-8-15/h13H,5-12H2,1-4H3. The fourth-order valence-electron chi connectivity index (χ4n) is 3.59. The number of ether oxygens (including phenoxy) is 1. The summed E-state index contributed by atoms with van der Waals surface area (Å²) >= 11 is 0. The van der Waals surface area contributed by atoms with Gasteiger partial charge in [-0.15, -0.1) is 0 Å². The summed E-state index contributed by atoms with van der Waals surface area (Å²) in [6, 6.07) is 0. The van der Waals surface area contributed by atoms with Crippen LogP contribution in [0.5, 0.6) is 0 Å². The van der Waals surface area contributed by atoms with E-state index in [0.29, 0.717) is 17.1 Å². The van der Waals surface area contributed by atoms with E-state index in [1.54, 1.807) is 0 Å². The van der Waals surface area contributed by atoms with Gasteiger partial charge in [0, 0.05) is 12.6 Å². The molecule has 0 aromatic carbocycles. The van der Waals surface area contributed by atoms with Gasteiger partial charge in [0.15, 0.2) is 0 Å². The van der Waals surface area contributed by atoms with Crippen LogP contribution in [0, 0.1) is 5.41 Å². The first-order chi connectivity index (χ1) is 7.95. The van der Waals surface area contributed by atoms with Gasteiger partial charge in [-0.25, -0.2) is 0 Å². The minimum atomic E-state index is 0.353. The molecule has 1 aliphatic carbocycles. The van der Waals surface area contributed by atoms with Gasteiger partial charge in [0.1, 0.15) is 0 Å². The maximum Gasteiger partial charge on any atom is 0.0571 e. The predicted octanol–water partition coefficient (Wildman–Crippen LogP) is 3.46. The van der Waals surface area contributed by atoms with E-state index in [1.165, 1.54) is 51.6 Å². The molecular formula is C15H29NO. The van der Waals surface area contributed by atoms with Crippen LogP contribution in [0.3, 0.4) is 0 Å². The Morgan fingerprint density at radius 1 is 1.00 bits per heavy atom. The van der Waals surface area contributed by atoms with Crippen LogP contribution in [0.4, 0.5) is 0 Å². The molecule has 0 amide bonds. The molecule has 0 bridgehead atoms. The smallest absolute Gasteiger partial charge is 0.0571 e. The highest BCUT2D eigenvalue weighted by atomic mass is 16.5. The van der Waals surface area contributed by atoms with Crippen molar-refractivity contribution in [1.82, 2.24) is 4.90 Å². The minimum absolute atomic E-state index is 0.353. The Morgan fingerprint density at radius 2 is 1.53 bits per heavy atom. The van der Waals surface area contributed by atoms with Crippen LogP contribution in [0.1, 0.15) is 59.3 Å². The van der Waals surface area contributed by atoms with Crippen LogP contribution in [-0.2, 0) is 4.74 Å². The Bertz CT molecular complexity index is 238. The van der Waals surface area contributed by atoms with Crippen LogP contribution >= 0.6 is 0 Å². The Kier molecular flexibility index (Phi) is 3.84. The number of hydrogen-bond donors (Lipinski definition) is 0. The molecule has 1 saturated carbocycles. The lowest BCUT2D eigenvalue weighted by Gasteiger charge is -2.49. The lowest BCUT2D eigenvalue weighted by molar-refractivity contribution is -0.0194. The summed E-state index contributed by atoms with van der Waals surface area (Å²) in [6.07, 6.45) is 8.70. The fourth-order valence-corrected chi connectivity index (χ4v) is 3.59. The summed E-state index contributed by atoms with van der Waals surface area (Å²) in [5.41, 5.74) is 1.02. The van der Waals surface area contributed by atoms with Gasteiger partial charge in [-0.05, 0) is 77.8 Å². The molecule has 1 saturated heterocycles. The van der Waals surface area contributed by atoms with Crippen LogP contribution in [0.2, 0.25) is 0 Å². The first-order valence-corrected chi connectivity index (χ1v) is 7.23. The molecule has 2 heteroatoms. The third-order valence-electron chi connectivity index (χ3n) is 5.10. The van der Waals surface area contributed by atoms with Crippen LogP contribution in [0.25, 0.3) is 0 Å². The van der Waals surface area contributed by atoms with Crippen LogP contribution in [0.15, 0.2) is 0 Å². The van der Waals surface area contributed by atoms with Gasteiger partial charge in [0.25, 0.3) is 0 Å². The quantitative estimate of drug-likeness (QED) is 0.695. The number of rotatable bonds is 1. The molecule has 2 nitrogen and oxygen atoms in total. The molecule has 17 heavy (non-hydrogen) atoms. The second kappa shape index (κ2) is 4.89. The van der Waals surface area contributed by atoms with Crippen molar-refractivity contribution in [2.75, 3.05) is 20.2 Å². The molecule has 2 rings (SSSR count). The van der Waals surface area contributed by atoms with Crippen molar-refractivity contribution in [3.05, 3.63) is 0 Å². The van der Waals surface area contributed by atoms with E-state index in [0.717, 1.165) is 0 Å². The van der Waals surface area contributed by atoms with E-state index in [9.17, 15) is 0 Å². The summed E-state index contributed by atoms with van der Waals surface area (Å²) in [5.74, 6) is 0. The molecule has 0 N–H and O–H groups in total. The van der Waals surface area contributed by atoms with Crippen molar-refractivity contribution >= 4 is 0 Å². The molecule has 1 spiro atoms. The highest BCUT2D eigenvalue weighted by Gasteiger charge is 2.39. The highest BCUT2D eigenvalue weighted by molar-refractivity contribution is 4.93. The number of methoxy groups -OCH3 is 1. The summed E-state index contributed by atoms with van der Waals surface area (Å²) in [7, 11) is 1.87. The van der Waals surface area contributed by atoms with Gasteiger partial charge in [0.05, 0.1) is 6.10 Å². The van der Waals surface area contributed by atoms with E-state index in [4.69, 9.17) is 4.74 Å². The normalized spacial score (nSPS) is 27.5. The summed E-state index contributed by atoms with van der Waals surface area (Å²) < 4.78 is 5.49. The fraction of sp³-hybridized carbons (Fsp3) is 1.00. The van der Waals surface area contributed by atoms with E-state index >= 15 is 0 Å². The average Bonchev–Trinajstić information content (AvgIpc) is 2.29. The summed E-state index contributed by atoms with van der Waals surface area (Å²) in [6.45, 7) is 9.61. The molecule has 2 fully saturated rings. The Hall–Kier alpha value is -0.0800. The van der Waals surface area contributed by atoms with E-state index in [1.807, 2.05) is 7.11 Å². The topological polar surface area (TPSA) is 12.5 Å². The molecule has 1 aliphatic heterocycles. The zero-order valence-corrected chi connectivity index (χ0v) is 12.1. The molecule has 2 aliphatic rings. The zero-order chi connectivity index (χ0) is 12.5. The Morgan fingerprint density at radius 3 is 1.94 bits per heavy atom. The molecule has 0 unspecified atom stereocenters. The molecule has 0 aromatic heterocycles. The highest BCUT2D eigenvalue weighted by Crippen LogP contribution is 2.45. The van der Waals surface area contributed by atoms with Crippen molar-refractivity contribution < 1.29 is 4.74 Å². The molecule has 0 radical (unpaired) electrons. The monoisotopic (exact) mass is 239 g/mol. The maximum atomic E-state index is 5.49. The average molecular weight is 239 g/mol. The molecule has 100 valence electrons. The molecule has 0 atom stereocenters. The largest absolute Gasteiger partial charge is 0.381 e. The second-order valence-corrected chi connectivity index (χ2v) is 7.09. The zero-order valence-electron chi connectivity index (χ0n) is 12.1. The first kappa shape index (κ1) is 13.4. The third-order valence-corrected chi connectivity index (χ3v) is 5.10. The number of likely N-dealkylation sites (tertiary alicyclic amines) is 1. The van der Waals surface area contributed by atoms with E-state index in [-0.39, 0.29) is 0 Å². The van der Waals surface area contributed by atoms with Gasteiger partial charge in [-0.2, -0.15) is 0 Å². The van der Waals surface area contributed by atoms with Gasteiger partial charge >= 0.3 is 0 Å². The lowest BCUT2D eigenvalue weighted by atomic mass is 9.67. The summed E-state index contributed by atoms with van der Waals surface area (Å²) in [4.78, 5) is 2.65. The van der Waals surface area contributed by atoms with Gasteiger partial charge in [-0.3, -0.25) is 4.90 Å². The molecule has 0 aromatic rings. The van der Waals surface area contributed by atoms with Crippen molar-refractivity contribution in [2.24, 2.45) is 5.41 Å². The van der Waals surface area contributed by atoms with Gasteiger partial charge in [-0.1, -0.05) is 0 Å². The number of piperidine rings is 1. The van der Waals surface area contributed by atoms with Gasteiger partial charge < -0.3 is 4.74 Å². The van der Waals surface area contributed by atoms with Crippen molar-refractivity contribution in [3.63, 3.8) is 0 Å². The summed E-state index contributed by atoms with van der Waals surface area (Å²) in [5, 5.41) is 0. The van der Waals surface area contributed by atoms with Crippen molar-refractivity contribution in [2.45, 2.75) is 70.9 Å². The van der Waals surface area contributed by atoms with Crippen molar-refractivity contribution in [1.29, 1.82) is 0 Å². The number of nitrogens with zero attached hydrogens (tertiary/aromatic N) is 1. The second-order valence-electron chi connectivity index (χ2n) is 7.09. The minimum Gasteiger partial charge on any atom is -0.381 e. The van der Waals surface area contributed by atoms with Crippen molar-refractivity contribution in [3.8, 4) is 0 Å². The lowest BCUT2D eigenvalue weighted by Crippen LogP contribution is -2.50. The van der Waals surface area contributed by atoms with Crippen LogP contribution < -0.4 is 0 Å². The SMILES string of the molecule is COC1CCC2(CC1)CCN(C(C)(C)C)CC2. The van der Waals surface area contributed by atoms with Gasteiger partial charge in [0.2, 0.25) is 0 Å². The first-order valence-electron chi connectivity index (χ1n) is 7.23. The van der Waals surface area contributed by atoms with Crippen LogP contribution in [-0.4, -0.2) is 36.7 Å². The molecular weight excluding hydrogens is 210 g/mol. The molecule has 1 heterocycles. The third kappa shape index (κ3) is 3.03. The van der Waals surface area contributed by atoms with E-state index in [2.05, 4.69) is 25.7 Å². The Labute approximate surface area is 107 Å².